The normalized spacial score (nSPS) is 15.1. The summed E-state index contributed by atoms with van der Waals surface area (Å²) in [6.45, 7) is 0. The summed E-state index contributed by atoms with van der Waals surface area (Å²) in [5.41, 5.74) is 0.811. The standard InChI is InChI=1S/C13H10ClNO2/c14-9-1-4-11-12(5-9)15(10-2-3-10)6-8(7-16)13(11)17/h1,4-7,10H,2-3H2. The van der Waals surface area contributed by atoms with Gasteiger partial charge in [0.25, 0.3) is 0 Å². The van der Waals surface area contributed by atoms with E-state index in [0.717, 1.165) is 18.4 Å². The first-order valence-electron chi connectivity index (χ1n) is 5.50. The van der Waals surface area contributed by atoms with Crippen LogP contribution >= 0.6 is 11.6 Å². The number of halogens is 1. The second kappa shape index (κ2) is 3.70. The van der Waals surface area contributed by atoms with Crippen molar-refractivity contribution < 1.29 is 4.79 Å². The van der Waals surface area contributed by atoms with Gasteiger partial charge in [0, 0.05) is 22.6 Å². The molecule has 1 heterocycles. The highest BCUT2D eigenvalue weighted by Gasteiger charge is 2.25. The molecule has 17 heavy (non-hydrogen) atoms. The third-order valence-corrected chi connectivity index (χ3v) is 3.33. The number of pyridine rings is 1. The van der Waals surface area contributed by atoms with Gasteiger partial charge in [-0.05, 0) is 31.0 Å². The van der Waals surface area contributed by atoms with E-state index in [1.165, 1.54) is 0 Å². The number of benzene rings is 1. The van der Waals surface area contributed by atoms with Crippen LogP contribution in [0.1, 0.15) is 29.2 Å². The number of aldehydes is 1. The molecule has 1 aromatic heterocycles. The predicted octanol–water partition coefficient (Wildman–Crippen LogP) is 2.80. The number of nitrogens with zero attached hydrogens (tertiary/aromatic N) is 1. The van der Waals surface area contributed by atoms with Crippen LogP contribution in [0.4, 0.5) is 0 Å². The molecule has 0 atom stereocenters. The molecule has 1 saturated carbocycles. The molecule has 3 nitrogen and oxygen atoms in total. The summed E-state index contributed by atoms with van der Waals surface area (Å²) in [7, 11) is 0. The second-order valence-corrected chi connectivity index (χ2v) is 4.77. The number of carbonyl (C=O) groups is 1. The summed E-state index contributed by atoms with van der Waals surface area (Å²) >= 11 is 5.96. The molecule has 0 radical (unpaired) electrons. The van der Waals surface area contributed by atoms with Gasteiger partial charge in [0.1, 0.15) is 0 Å². The second-order valence-electron chi connectivity index (χ2n) is 4.33. The largest absolute Gasteiger partial charge is 0.343 e. The highest BCUT2D eigenvalue weighted by Crippen LogP contribution is 2.37. The van der Waals surface area contributed by atoms with Crippen molar-refractivity contribution in [2.45, 2.75) is 18.9 Å². The van der Waals surface area contributed by atoms with E-state index in [2.05, 4.69) is 0 Å². The Balaban J connectivity index is 2.44. The van der Waals surface area contributed by atoms with E-state index < -0.39 is 0 Å². The van der Waals surface area contributed by atoms with Crippen molar-refractivity contribution in [1.29, 1.82) is 0 Å². The SMILES string of the molecule is O=Cc1cn(C2CC2)c2cc(Cl)ccc2c1=O. The van der Waals surface area contributed by atoms with E-state index in [0.29, 0.717) is 22.7 Å². The van der Waals surface area contributed by atoms with Crippen molar-refractivity contribution in [2.75, 3.05) is 0 Å². The maximum atomic E-state index is 12.0. The Morgan fingerprint density at radius 2 is 2.12 bits per heavy atom. The van der Waals surface area contributed by atoms with Crippen molar-refractivity contribution in [3.63, 3.8) is 0 Å². The zero-order valence-corrected chi connectivity index (χ0v) is 9.78. The van der Waals surface area contributed by atoms with Crippen molar-refractivity contribution >= 4 is 28.8 Å². The molecule has 86 valence electrons. The monoisotopic (exact) mass is 247 g/mol. The Hall–Kier alpha value is -1.61. The Morgan fingerprint density at radius 3 is 2.76 bits per heavy atom. The van der Waals surface area contributed by atoms with Gasteiger partial charge in [-0.1, -0.05) is 11.6 Å². The topological polar surface area (TPSA) is 39.1 Å². The van der Waals surface area contributed by atoms with E-state index >= 15 is 0 Å². The third-order valence-electron chi connectivity index (χ3n) is 3.09. The van der Waals surface area contributed by atoms with Gasteiger partial charge in [-0.3, -0.25) is 9.59 Å². The number of hydrogen-bond donors (Lipinski definition) is 0. The van der Waals surface area contributed by atoms with Crippen molar-refractivity contribution in [3.05, 3.63) is 45.2 Å². The molecule has 0 spiro atoms. The van der Waals surface area contributed by atoms with Gasteiger partial charge in [-0.2, -0.15) is 0 Å². The Bertz CT molecular complexity index is 671. The van der Waals surface area contributed by atoms with Crippen LogP contribution in [0.25, 0.3) is 10.9 Å². The number of rotatable bonds is 2. The molecular formula is C13H10ClNO2. The lowest BCUT2D eigenvalue weighted by Gasteiger charge is -2.10. The molecule has 1 aliphatic carbocycles. The van der Waals surface area contributed by atoms with E-state index in [1.807, 2.05) is 4.57 Å². The molecule has 0 aliphatic heterocycles. The van der Waals surface area contributed by atoms with Crippen LogP contribution in [0.5, 0.6) is 0 Å². The molecule has 0 N–H and O–H groups in total. The number of aromatic nitrogens is 1. The van der Waals surface area contributed by atoms with E-state index in [9.17, 15) is 9.59 Å². The summed E-state index contributed by atoms with van der Waals surface area (Å²) in [5.74, 6) is 0. The van der Waals surface area contributed by atoms with Crippen molar-refractivity contribution in [1.82, 2.24) is 4.57 Å². The van der Waals surface area contributed by atoms with Crippen molar-refractivity contribution in [3.8, 4) is 0 Å². The van der Waals surface area contributed by atoms with Crippen LogP contribution in [-0.4, -0.2) is 10.9 Å². The lowest BCUT2D eigenvalue weighted by Crippen LogP contribution is -2.13. The molecule has 2 aromatic rings. The molecular weight excluding hydrogens is 238 g/mol. The van der Waals surface area contributed by atoms with Crippen LogP contribution in [0.2, 0.25) is 5.02 Å². The molecule has 4 heteroatoms. The van der Waals surface area contributed by atoms with Crippen LogP contribution in [0.3, 0.4) is 0 Å². The van der Waals surface area contributed by atoms with E-state index in [4.69, 9.17) is 11.6 Å². The average Bonchev–Trinajstić information content (AvgIpc) is 3.13. The van der Waals surface area contributed by atoms with Crippen LogP contribution in [-0.2, 0) is 0 Å². The maximum absolute atomic E-state index is 12.0. The summed E-state index contributed by atoms with van der Waals surface area (Å²) in [6, 6.07) is 5.55. The van der Waals surface area contributed by atoms with Crippen LogP contribution in [0.15, 0.2) is 29.2 Å². The zero-order valence-electron chi connectivity index (χ0n) is 9.02. The summed E-state index contributed by atoms with van der Waals surface area (Å²) in [5, 5.41) is 1.16. The van der Waals surface area contributed by atoms with Crippen molar-refractivity contribution in [2.24, 2.45) is 0 Å². The van der Waals surface area contributed by atoms with Gasteiger partial charge in [0.05, 0.1) is 11.1 Å². The van der Waals surface area contributed by atoms with Gasteiger partial charge >= 0.3 is 0 Å². The highest BCUT2D eigenvalue weighted by molar-refractivity contribution is 6.31. The minimum Gasteiger partial charge on any atom is -0.343 e. The molecule has 3 rings (SSSR count). The Kier molecular flexibility index (Phi) is 2.30. The molecule has 0 amide bonds. The fourth-order valence-corrected chi connectivity index (χ4v) is 2.25. The average molecular weight is 248 g/mol. The first-order valence-corrected chi connectivity index (χ1v) is 5.88. The fraction of sp³-hybridized carbons (Fsp3) is 0.231. The smallest absolute Gasteiger partial charge is 0.199 e. The van der Waals surface area contributed by atoms with Gasteiger partial charge in [0.15, 0.2) is 11.7 Å². The van der Waals surface area contributed by atoms with Gasteiger partial charge in [0.2, 0.25) is 0 Å². The van der Waals surface area contributed by atoms with Gasteiger partial charge in [-0.15, -0.1) is 0 Å². The van der Waals surface area contributed by atoms with E-state index in [1.54, 1.807) is 24.4 Å². The first-order chi connectivity index (χ1) is 8.20. The Morgan fingerprint density at radius 1 is 1.35 bits per heavy atom. The molecule has 1 aromatic carbocycles. The quantitative estimate of drug-likeness (QED) is 0.766. The molecule has 1 aliphatic rings. The summed E-state index contributed by atoms with van der Waals surface area (Å²) in [6.07, 6.45) is 4.44. The van der Waals surface area contributed by atoms with Crippen LogP contribution < -0.4 is 5.43 Å². The van der Waals surface area contributed by atoms with Gasteiger partial charge < -0.3 is 4.57 Å². The zero-order chi connectivity index (χ0) is 12.0. The first kappa shape index (κ1) is 10.5. The molecule has 0 unspecified atom stereocenters. The summed E-state index contributed by atoms with van der Waals surface area (Å²) in [4.78, 5) is 22.9. The number of carbonyl (C=O) groups excluding carboxylic acids is 1. The lowest BCUT2D eigenvalue weighted by atomic mass is 10.1. The minimum atomic E-state index is -0.219. The van der Waals surface area contributed by atoms with Gasteiger partial charge in [-0.25, -0.2) is 0 Å². The maximum Gasteiger partial charge on any atom is 0.199 e. The molecule has 0 bridgehead atoms. The lowest BCUT2D eigenvalue weighted by molar-refractivity contribution is 0.112. The highest BCUT2D eigenvalue weighted by atomic mass is 35.5. The van der Waals surface area contributed by atoms with E-state index in [-0.39, 0.29) is 11.0 Å². The fourth-order valence-electron chi connectivity index (χ4n) is 2.08. The third kappa shape index (κ3) is 1.67. The summed E-state index contributed by atoms with van der Waals surface area (Å²) < 4.78 is 1.99. The molecule has 1 fully saturated rings. The molecule has 0 saturated heterocycles. The number of hydrogen-bond acceptors (Lipinski definition) is 2. The predicted molar refractivity (Wildman–Crippen MR) is 66.9 cm³/mol. The minimum absolute atomic E-state index is 0.215. The Labute approximate surface area is 103 Å². The number of fused-ring (bicyclic) bond motifs is 1. The van der Waals surface area contributed by atoms with Crippen LogP contribution in [0, 0.1) is 0 Å².